The van der Waals surface area contributed by atoms with Crippen LogP contribution in [0.5, 0.6) is 5.75 Å². The Bertz CT molecular complexity index is 1320. The summed E-state index contributed by atoms with van der Waals surface area (Å²) in [6, 6.07) is 12.2. The monoisotopic (exact) mass is 530 g/mol. The Labute approximate surface area is 205 Å². The molecule has 0 spiro atoms. The fourth-order valence-electron chi connectivity index (χ4n) is 3.45. The molecule has 0 N–H and O–H groups in total. The van der Waals surface area contributed by atoms with Crippen molar-refractivity contribution in [1.82, 2.24) is 0 Å². The normalized spacial score (nSPS) is 12.1. The van der Waals surface area contributed by atoms with E-state index in [0.717, 1.165) is 18.9 Å². The molecule has 0 bridgehead atoms. The van der Waals surface area contributed by atoms with Crippen molar-refractivity contribution >= 4 is 38.5 Å². The first kappa shape index (κ1) is 26.8. The van der Waals surface area contributed by atoms with E-state index in [1.165, 1.54) is 12.1 Å². The van der Waals surface area contributed by atoms with Crippen LogP contribution in [0.15, 0.2) is 48.5 Å². The Morgan fingerprint density at radius 3 is 2.37 bits per heavy atom. The average molecular weight is 531 g/mol. The molecule has 0 aromatic heterocycles. The van der Waals surface area contributed by atoms with Gasteiger partial charge in [-0.1, -0.05) is 49.2 Å². The van der Waals surface area contributed by atoms with Gasteiger partial charge in [-0.15, -0.1) is 0 Å². The standard InChI is InChI=1S/C24H22ClF3O6S/c1-3-4-11-32-33-22(29)14-21-15(2)12-17-13-19(34-35(30,31)24(26,27)28)9-10-20(17)23(21)16-5-7-18(25)8-6-16/h5-10,12-13H,3-4,11,14H2,1-2H3. The van der Waals surface area contributed by atoms with Gasteiger partial charge in [0.1, 0.15) is 5.75 Å². The first-order chi connectivity index (χ1) is 16.4. The second-order valence-electron chi connectivity index (χ2n) is 7.73. The summed E-state index contributed by atoms with van der Waals surface area (Å²) in [6.07, 6.45) is 1.47. The van der Waals surface area contributed by atoms with Crippen LogP contribution in [0.3, 0.4) is 0 Å². The lowest BCUT2D eigenvalue weighted by atomic mass is 9.88. The molecule has 35 heavy (non-hydrogen) atoms. The van der Waals surface area contributed by atoms with Crippen molar-refractivity contribution in [2.75, 3.05) is 6.61 Å². The van der Waals surface area contributed by atoms with Gasteiger partial charge in [-0.05, 0) is 70.6 Å². The molecule has 0 saturated heterocycles. The highest BCUT2D eigenvalue weighted by Gasteiger charge is 2.48. The SMILES string of the molecule is CCCCOOC(=O)Cc1c(C)cc2cc(OS(=O)(=O)C(F)(F)F)ccc2c1-c1ccc(Cl)cc1. The van der Waals surface area contributed by atoms with Gasteiger partial charge in [0, 0.05) is 5.02 Å². The molecule has 0 radical (unpaired) electrons. The number of benzene rings is 3. The summed E-state index contributed by atoms with van der Waals surface area (Å²) in [6.45, 7) is 3.96. The molecule has 0 amide bonds. The van der Waals surface area contributed by atoms with Gasteiger partial charge in [0.2, 0.25) is 0 Å². The van der Waals surface area contributed by atoms with Gasteiger partial charge >= 0.3 is 21.6 Å². The molecular weight excluding hydrogens is 509 g/mol. The van der Waals surface area contributed by atoms with Gasteiger partial charge in [0.25, 0.3) is 0 Å². The third kappa shape index (κ3) is 6.45. The zero-order valence-corrected chi connectivity index (χ0v) is 20.4. The number of hydrogen-bond donors (Lipinski definition) is 0. The van der Waals surface area contributed by atoms with Gasteiger partial charge in [-0.3, -0.25) is 4.89 Å². The number of aryl methyl sites for hydroxylation is 1. The molecule has 0 heterocycles. The minimum Gasteiger partial charge on any atom is -0.376 e. The lowest BCUT2D eigenvalue weighted by Crippen LogP contribution is -2.28. The maximum atomic E-state index is 12.7. The molecule has 3 aromatic carbocycles. The smallest absolute Gasteiger partial charge is 0.376 e. The van der Waals surface area contributed by atoms with Crippen molar-refractivity contribution in [3.8, 4) is 16.9 Å². The van der Waals surface area contributed by atoms with E-state index >= 15 is 0 Å². The van der Waals surface area contributed by atoms with Crippen LogP contribution in [0.1, 0.15) is 30.9 Å². The van der Waals surface area contributed by atoms with Gasteiger partial charge in [-0.2, -0.15) is 26.5 Å². The van der Waals surface area contributed by atoms with Crippen LogP contribution in [0, 0.1) is 6.92 Å². The molecule has 188 valence electrons. The second kappa shape index (κ2) is 10.8. The van der Waals surface area contributed by atoms with Crippen molar-refractivity contribution in [1.29, 1.82) is 0 Å². The van der Waals surface area contributed by atoms with E-state index < -0.39 is 27.3 Å². The molecule has 0 saturated carbocycles. The maximum absolute atomic E-state index is 12.7. The largest absolute Gasteiger partial charge is 0.534 e. The van der Waals surface area contributed by atoms with Crippen LogP contribution < -0.4 is 4.18 Å². The van der Waals surface area contributed by atoms with Crippen molar-refractivity contribution in [2.24, 2.45) is 0 Å². The molecule has 3 aromatic rings. The first-order valence-electron chi connectivity index (χ1n) is 10.6. The van der Waals surface area contributed by atoms with Crippen molar-refractivity contribution < 1.29 is 40.3 Å². The fourth-order valence-corrected chi connectivity index (χ4v) is 4.03. The summed E-state index contributed by atoms with van der Waals surface area (Å²) in [5, 5.41) is 1.46. The van der Waals surface area contributed by atoms with E-state index in [9.17, 15) is 26.4 Å². The molecule has 0 atom stereocenters. The molecule has 0 unspecified atom stereocenters. The molecular formula is C24H22ClF3O6S. The van der Waals surface area contributed by atoms with Gasteiger partial charge in [0.15, 0.2) is 0 Å². The van der Waals surface area contributed by atoms with Crippen LogP contribution in [-0.2, 0) is 31.1 Å². The number of unbranched alkanes of at least 4 members (excludes halogenated alkanes) is 1. The quantitative estimate of drug-likeness (QED) is 0.103. The Hall–Kier alpha value is -2.82. The third-order valence-electron chi connectivity index (χ3n) is 5.12. The molecule has 11 heteroatoms. The van der Waals surface area contributed by atoms with Crippen LogP contribution in [0.4, 0.5) is 13.2 Å². The Morgan fingerprint density at radius 2 is 1.74 bits per heavy atom. The summed E-state index contributed by atoms with van der Waals surface area (Å²) in [4.78, 5) is 22.3. The molecule has 0 aliphatic carbocycles. The summed E-state index contributed by atoms with van der Waals surface area (Å²) < 4.78 is 65.4. The van der Waals surface area contributed by atoms with Crippen LogP contribution in [-0.4, -0.2) is 26.5 Å². The highest BCUT2D eigenvalue weighted by molar-refractivity contribution is 7.88. The zero-order chi connectivity index (χ0) is 25.8. The third-order valence-corrected chi connectivity index (χ3v) is 6.35. The number of halogens is 4. The van der Waals surface area contributed by atoms with Gasteiger partial charge < -0.3 is 4.18 Å². The molecule has 0 aliphatic rings. The predicted molar refractivity (Wildman–Crippen MR) is 125 cm³/mol. The predicted octanol–water partition coefficient (Wildman–Crippen LogP) is 6.51. The molecule has 6 nitrogen and oxygen atoms in total. The minimum atomic E-state index is -5.82. The van der Waals surface area contributed by atoms with E-state index in [0.29, 0.717) is 38.0 Å². The number of hydrogen-bond acceptors (Lipinski definition) is 6. The first-order valence-corrected chi connectivity index (χ1v) is 12.4. The Morgan fingerprint density at radius 1 is 1.06 bits per heavy atom. The van der Waals surface area contributed by atoms with E-state index in [1.54, 1.807) is 37.3 Å². The molecule has 0 aliphatic heterocycles. The van der Waals surface area contributed by atoms with E-state index in [2.05, 4.69) is 4.18 Å². The van der Waals surface area contributed by atoms with E-state index in [1.807, 2.05) is 6.92 Å². The maximum Gasteiger partial charge on any atom is 0.534 e. The lowest BCUT2D eigenvalue weighted by molar-refractivity contribution is -0.272. The Kier molecular flexibility index (Phi) is 8.30. The summed E-state index contributed by atoms with van der Waals surface area (Å²) >= 11 is 6.02. The number of carbonyl (C=O) groups is 1. The molecule has 0 fully saturated rings. The summed E-state index contributed by atoms with van der Waals surface area (Å²) in [5.74, 6) is -1.11. The van der Waals surface area contributed by atoms with Crippen LogP contribution in [0.2, 0.25) is 5.02 Å². The highest BCUT2D eigenvalue weighted by atomic mass is 35.5. The highest BCUT2D eigenvalue weighted by Crippen LogP contribution is 2.38. The lowest BCUT2D eigenvalue weighted by Gasteiger charge is -2.17. The number of carbonyl (C=O) groups excluding carboxylic acids is 1. The van der Waals surface area contributed by atoms with Gasteiger partial charge in [0.05, 0.1) is 13.0 Å². The van der Waals surface area contributed by atoms with E-state index in [4.69, 9.17) is 21.4 Å². The van der Waals surface area contributed by atoms with E-state index in [-0.39, 0.29) is 13.0 Å². The fraction of sp³-hybridized carbons (Fsp3) is 0.292. The van der Waals surface area contributed by atoms with Crippen molar-refractivity contribution in [3.05, 3.63) is 64.7 Å². The number of fused-ring (bicyclic) bond motifs is 1. The number of rotatable bonds is 9. The summed E-state index contributed by atoms with van der Waals surface area (Å²) in [7, 11) is -5.82. The van der Waals surface area contributed by atoms with Crippen molar-refractivity contribution in [2.45, 2.75) is 38.6 Å². The minimum absolute atomic E-state index is 0.132. The number of alkyl halides is 3. The Balaban J connectivity index is 2.08. The van der Waals surface area contributed by atoms with Gasteiger partial charge in [-0.25, -0.2) is 4.79 Å². The average Bonchev–Trinajstić information content (AvgIpc) is 2.77. The van der Waals surface area contributed by atoms with Crippen LogP contribution >= 0.6 is 11.6 Å². The second-order valence-corrected chi connectivity index (χ2v) is 9.70. The van der Waals surface area contributed by atoms with Crippen LogP contribution in [0.25, 0.3) is 21.9 Å². The van der Waals surface area contributed by atoms with Crippen molar-refractivity contribution in [3.63, 3.8) is 0 Å². The zero-order valence-electron chi connectivity index (χ0n) is 18.8. The topological polar surface area (TPSA) is 78.9 Å². The molecule has 3 rings (SSSR count). The summed E-state index contributed by atoms with van der Waals surface area (Å²) in [5.41, 5.74) is -3.01.